The third-order valence-electron chi connectivity index (χ3n) is 4.05. The van der Waals surface area contributed by atoms with E-state index in [-0.39, 0.29) is 0 Å². The Labute approximate surface area is 103 Å². The van der Waals surface area contributed by atoms with Crippen LogP contribution >= 0.6 is 0 Å². The fourth-order valence-electron chi connectivity index (χ4n) is 2.60. The standard InChI is InChI=1S/C15H32O/c1-5-9-11-13-14(12-10-6-2)15(16,7-3)8-4/h14,16H,5-13H2,1-4H3. The van der Waals surface area contributed by atoms with Crippen LogP contribution in [0.15, 0.2) is 0 Å². The van der Waals surface area contributed by atoms with Crippen LogP contribution in [0.3, 0.4) is 0 Å². The molecule has 0 aliphatic carbocycles. The van der Waals surface area contributed by atoms with Gasteiger partial charge in [0.15, 0.2) is 0 Å². The average molecular weight is 228 g/mol. The molecule has 1 unspecified atom stereocenters. The summed E-state index contributed by atoms with van der Waals surface area (Å²) in [5.41, 5.74) is -0.400. The molecule has 0 spiro atoms. The largest absolute Gasteiger partial charge is 0.390 e. The van der Waals surface area contributed by atoms with Crippen LogP contribution in [0.2, 0.25) is 0 Å². The molecule has 1 heteroatoms. The highest BCUT2D eigenvalue weighted by atomic mass is 16.3. The molecule has 0 fully saturated rings. The summed E-state index contributed by atoms with van der Waals surface area (Å²) in [7, 11) is 0. The second kappa shape index (κ2) is 9.04. The fraction of sp³-hybridized carbons (Fsp3) is 1.00. The lowest BCUT2D eigenvalue weighted by molar-refractivity contribution is -0.0340. The molecule has 0 aromatic heterocycles. The molecule has 16 heavy (non-hydrogen) atoms. The van der Waals surface area contributed by atoms with Gasteiger partial charge in [-0.15, -0.1) is 0 Å². The molecule has 0 amide bonds. The molecule has 0 aromatic rings. The molecule has 0 saturated carbocycles. The lowest BCUT2D eigenvalue weighted by Gasteiger charge is -2.35. The molecule has 0 radical (unpaired) electrons. The van der Waals surface area contributed by atoms with Crippen molar-refractivity contribution in [3.05, 3.63) is 0 Å². The van der Waals surface area contributed by atoms with Gasteiger partial charge < -0.3 is 5.11 Å². The number of aliphatic hydroxyl groups is 1. The van der Waals surface area contributed by atoms with Crippen LogP contribution in [0, 0.1) is 5.92 Å². The highest BCUT2D eigenvalue weighted by Crippen LogP contribution is 2.33. The van der Waals surface area contributed by atoms with Gasteiger partial charge in [0, 0.05) is 0 Å². The Morgan fingerprint density at radius 1 is 0.812 bits per heavy atom. The molecule has 1 N–H and O–H groups in total. The van der Waals surface area contributed by atoms with Gasteiger partial charge in [-0.3, -0.25) is 0 Å². The van der Waals surface area contributed by atoms with Crippen LogP contribution in [-0.2, 0) is 0 Å². The minimum absolute atomic E-state index is 0.400. The summed E-state index contributed by atoms with van der Waals surface area (Å²) in [6.45, 7) is 8.73. The zero-order chi connectivity index (χ0) is 12.4. The van der Waals surface area contributed by atoms with Crippen molar-refractivity contribution in [1.29, 1.82) is 0 Å². The molecule has 0 rings (SSSR count). The Hall–Kier alpha value is -0.0400. The van der Waals surface area contributed by atoms with E-state index in [0.717, 1.165) is 12.8 Å². The predicted octanol–water partition coefficient (Wildman–Crippen LogP) is 4.92. The topological polar surface area (TPSA) is 20.2 Å². The summed E-state index contributed by atoms with van der Waals surface area (Å²) < 4.78 is 0. The van der Waals surface area contributed by atoms with E-state index in [4.69, 9.17) is 0 Å². The molecule has 0 bridgehead atoms. The van der Waals surface area contributed by atoms with Crippen molar-refractivity contribution in [2.24, 2.45) is 5.92 Å². The summed E-state index contributed by atoms with van der Waals surface area (Å²) in [5, 5.41) is 10.6. The number of unbranched alkanes of at least 4 members (excludes halogenated alkanes) is 3. The van der Waals surface area contributed by atoms with Gasteiger partial charge in [-0.2, -0.15) is 0 Å². The van der Waals surface area contributed by atoms with Crippen molar-refractivity contribution >= 4 is 0 Å². The Morgan fingerprint density at radius 3 is 1.75 bits per heavy atom. The summed E-state index contributed by atoms with van der Waals surface area (Å²) in [6, 6.07) is 0. The maximum absolute atomic E-state index is 10.6. The first-order valence-corrected chi connectivity index (χ1v) is 7.36. The summed E-state index contributed by atoms with van der Waals surface area (Å²) >= 11 is 0. The predicted molar refractivity (Wildman–Crippen MR) is 72.7 cm³/mol. The van der Waals surface area contributed by atoms with Crippen LogP contribution in [-0.4, -0.2) is 10.7 Å². The second-order valence-electron chi connectivity index (χ2n) is 5.15. The molecular formula is C15H32O. The summed E-state index contributed by atoms with van der Waals surface area (Å²) in [6.07, 6.45) is 10.6. The van der Waals surface area contributed by atoms with E-state index >= 15 is 0 Å². The molecule has 0 aliphatic rings. The van der Waals surface area contributed by atoms with Gasteiger partial charge in [-0.1, -0.05) is 59.8 Å². The maximum atomic E-state index is 10.6. The third-order valence-corrected chi connectivity index (χ3v) is 4.05. The van der Waals surface area contributed by atoms with Crippen molar-refractivity contribution in [1.82, 2.24) is 0 Å². The second-order valence-corrected chi connectivity index (χ2v) is 5.15. The zero-order valence-corrected chi connectivity index (χ0v) is 11.9. The van der Waals surface area contributed by atoms with Crippen LogP contribution in [0.1, 0.15) is 85.5 Å². The SMILES string of the molecule is CCCCCC(CCCC)C(O)(CC)CC. The highest BCUT2D eigenvalue weighted by molar-refractivity contribution is 4.84. The van der Waals surface area contributed by atoms with E-state index in [1.165, 1.54) is 44.9 Å². The third kappa shape index (κ3) is 5.34. The van der Waals surface area contributed by atoms with E-state index in [9.17, 15) is 5.11 Å². The lowest BCUT2D eigenvalue weighted by Crippen LogP contribution is -2.36. The Balaban J connectivity index is 4.26. The van der Waals surface area contributed by atoms with Crippen molar-refractivity contribution in [3.63, 3.8) is 0 Å². The van der Waals surface area contributed by atoms with E-state index in [0.29, 0.717) is 5.92 Å². The molecular weight excluding hydrogens is 196 g/mol. The quantitative estimate of drug-likeness (QED) is 0.526. The van der Waals surface area contributed by atoms with E-state index in [1.807, 2.05) is 0 Å². The molecule has 0 aromatic carbocycles. The van der Waals surface area contributed by atoms with E-state index in [2.05, 4.69) is 27.7 Å². The smallest absolute Gasteiger partial charge is 0.0670 e. The van der Waals surface area contributed by atoms with Gasteiger partial charge in [-0.25, -0.2) is 0 Å². The highest BCUT2D eigenvalue weighted by Gasteiger charge is 2.31. The zero-order valence-electron chi connectivity index (χ0n) is 11.9. The van der Waals surface area contributed by atoms with Gasteiger partial charge in [-0.05, 0) is 31.6 Å². The molecule has 98 valence electrons. The van der Waals surface area contributed by atoms with Crippen LogP contribution < -0.4 is 0 Å². The first kappa shape index (κ1) is 16.0. The van der Waals surface area contributed by atoms with Gasteiger partial charge in [0.25, 0.3) is 0 Å². The van der Waals surface area contributed by atoms with Gasteiger partial charge in [0.05, 0.1) is 5.60 Å². The van der Waals surface area contributed by atoms with Crippen LogP contribution in [0.25, 0.3) is 0 Å². The Bertz CT molecular complexity index is 150. The summed E-state index contributed by atoms with van der Waals surface area (Å²) in [4.78, 5) is 0. The average Bonchev–Trinajstić information content (AvgIpc) is 2.32. The Morgan fingerprint density at radius 2 is 1.31 bits per heavy atom. The minimum atomic E-state index is -0.400. The normalized spacial score (nSPS) is 14.1. The monoisotopic (exact) mass is 228 g/mol. The summed E-state index contributed by atoms with van der Waals surface area (Å²) in [5.74, 6) is 0.522. The molecule has 1 atom stereocenters. The Kier molecular flexibility index (Phi) is 9.02. The van der Waals surface area contributed by atoms with E-state index < -0.39 is 5.60 Å². The molecule has 0 saturated heterocycles. The molecule has 0 heterocycles. The first-order chi connectivity index (χ1) is 7.64. The van der Waals surface area contributed by atoms with Crippen molar-refractivity contribution in [3.8, 4) is 0 Å². The van der Waals surface area contributed by atoms with Crippen LogP contribution in [0.4, 0.5) is 0 Å². The molecule has 0 aliphatic heterocycles. The van der Waals surface area contributed by atoms with Crippen molar-refractivity contribution in [2.45, 2.75) is 91.1 Å². The first-order valence-electron chi connectivity index (χ1n) is 7.36. The van der Waals surface area contributed by atoms with Crippen molar-refractivity contribution in [2.75, 3.05) is 0 Å². The minimum Gasteiger partial charge on any atom is -0.390 e. The van der Waals surface area contributed by atoms with Gasteiger partial charge in [0.2, 0.25) is 0 Å². The number of rotatable bonds is 10. The van der Waals surface area contributed by atoms with Crippen LogP contribution in [0.5, 0.6) is 0 Å². The van der Waals surface area contributed by atoms with Gasteiger partial charge >= 0.3 is 0 Å². The van der Waals surface area contributed by atoms with E-state index in [1.54, 1.807) is 0 Å². The molecule has 1 nitrogen and oxygen atoms in total. The number of hydrogen-bond donors (Lipinski definition) is 1. The fourth-order valence-corrected chi connectivity index (χ4v) is 2.60. The lowest BCUT2D eigenvalue weighted by atomic mass is 9.77. The van der Waals surface area contributed by atoms with Crippen molar-refractivity contribution < 1.29 is 5.11 Å². The van der Waals surface area contributed by atoms with Gasteiger partial charge in [0.1, 0.15) is 0 Å². The number of hydrogen-bond acceptors (Lipinski definition) is 1. The maximum Gasteiger partial charge on any atom is 0.0670 e.